The largest absolute Gasteiger partial charge is 0.478 e. The number of carboxylic acids is 1. The minimum atomic E-state index is -0.882. The van der Waals surface area contributed by atoms with Crippen molar-refractivity contribution in [2.45, 2.75) is 12.8 Å². The Morgan fingerprint density at radius 3 is 2.82 bits per heavy atom. The van der Waals surface area contributed by atoms with Gasteiger partial charge < -0.3 is 10.0 Å². The first-order valence-electron chi connectivity index (χ1n) is 3.80. The van der Waals surface area contributed by atoms with Crippen LogP contribution in [0.5, 0.6) is 0 Å². The molecule has 0 unspecified atom stereocenters. The smallest absolute Gasteiger partial charge is 0.329 e. The fourth-order valence-corrected chi connectivity index (χ4v) is 0.960. The van der Waals surface area contributed by atoms with Gasteiger partial charge in [-0.3, -0.25) is 0 Å². The SMILES string of the molecule is CN(/C=C/C(=O)O)CC1CC1. The highest BCUT2D eigenvalue weighted by Crippen LogP contribution is 2.29. The Morgan fingerprint density at radius 1 is 1.73 bits per heavy atom. The molecule has 1 rings (SSSR count). The van der Waals surface area contributed by atoms with Gasteiger partial charge in [-0.15, -0.1) is 0 Å². The number of rotatable bonds is 4. The van der Waals surface area contributed by atoms with Crippen LogP contribution in [0.3, 0.4) is 0 Å². The zero-order valence-corrected chi connectivity index (χ0v) is 6.66. The zero-order chi connectivity index (χ0) is 8.27. The van der Waals surface area contributed by atoms with Gasteiger partial charge in [0, 0.05) is 25.9 Å². The summed E-state index contributed by atoms with van der Waals surface area (Å²) in [5.41, 5.74) is 0. The molecule has 0 radical (unpaired) electrons. The van der Waals surface area contributed by atoms with E-state index in [2.05, 4.69) is 0 Å². The lowest BCUT2D eigenvalue weighted by molar-refractivity contribution is -0.131. The second-order valence-electron chi connectivity index (χ2n) is 3.04. The van der Waals surface area contributed by atoms with Crippen LogP contribution in [0.1, 0.15) is 12.8 Å². The maximum absolute atomic E-state index is 10.1. The summed E-state index contributed by atoms with van der Waals surface area (Å²) in [7, 11) is 1.90. The number of hydrogen-bond donors (Lipinski definition) is 1. The lowest BCUT2D eigenvalue weighted by Crippen LogP contribution is -2.14. The first-order chi connectivity index (χ1) is 5.18. The van der Waals surface area contributed by atoms with E-state index in [-0.39, 0.29) is 0 Å². The van der Waals surface area contributed by atoms with E-state index in [1.54, 1.807) is 6.20 Å². The van der Waals surface area contributed by atoms with Gasteiger partial charge in [0.05, 0.1) is 0 Å². The van der Waals surface area contributed by atoms with Crippen LogP contribution < -0.4 is 0 Å². The minimum absolute atomic E-state index is 0.804. The van der Waals surface area contributed by atoms with Gasteiger partial charge in [0.25, 0.3) is 0 Å². The Balaban J connectivity index is 2.17. The Bertz CT molecular complexity index is 173. The van der Waals surface area contributed by atoms with Crippen molar-refractivity contribution in [3.8, 4) is 0 Å². The molecule has 0 aromatic heterocycles. The van der Waals surface area contributed by atoms with Gasteiger partial charge in [0.1, 0.15) is 0 Å². The number of nitrogens with zero attached hydrogens (tertiary/aromatic N) is 1. The van der Waals surface area contributed by atoms with Crippen LogP contribution in [-0.4, -0.2) is 29.6 Å². The summed E-state index contributed by atoms with van der Waals surface area (Å²) in [6.45, 7) is 0.990. The number of aliphatic carboxylic acids is 1. The van der Waals surface area contributed by atoms with Crippen molar-refractivity contribution in [2.75, 3.05) is 13.6 Å². The summed E-state index contributed by atoms with van der Waals surface area (Å²) in [6, 6.07) is 0. The molecule has 11 heavy (non-hydrogen) atoms. The Kier molecular flexibility index (Phi) is 2.52. The third-order valence-electron chi connectivity index (χ3n) is 1.71. The topological polar surface area (TPSA) is 40.5 Å². The first kappa shape index (κ1) is 8.11. The van der Waals surface area contributed by atoms with Crippen molar-refractivity contribution in [1.82, 2.24) is 4.90 Å². The van der Waals surface area contributed by atoms with E-state index in [1.165, 1.54) is 18.9 Å². The molecule has 0 amide bonds. The fourth-order valence-electron chi connectivity index (χ4n) is 0.960. The molecule has 1 aliphatic rings. The average molecular weight is 155 g/mol. The molecule has 0 heterocycles. The number of hydrogen-bond acceptors (Lipinski definition) is 2. The number of carbonyl (C=O) groups is 1. The monoisotopic (exact) mass is 155 g/mol. The van der Waals surface area contributed by atoms with E-state index in [4.69, 9.17) is 5.11 Å². The molecule has 0 bridgehead atoms. The molecule has 0 aromatic rings. The molecular formula is C8H13NO2. The van der Waals surface area contributed by atoms with Gasteiger partial charge >= 0.3 is 5.97 Å². The lowest BCUT2D eigenvalue weighted by Gasteiger charge is -2.11. The normalized spacial score (nSPS) is 17.2. The number of carboxylic acid groups (broad SMARTS) is 1. The third-order valence-corrected chi connectivity index (χ3v) is 1.71. The molecule has 1 saturated carbocycles. The van der Waals surface area contributed by atoms with Crippen molar-refractivity contribution in [3.05, 3.63) is 12.3 Å². The molecule has 0 aromatic carbocycles. The van der Waals surface area contributed by atoms with Crippen molar-refractivity contribution < 1.29 is 9.90 Å². The van der Waals surface area contributed by atoms with E-state index in [0.29, 0.717) is 0 Å². The first-order valence-corrected chi connectivity index (χ1v) is 3.80. The van der Waals surface area contributed by atoms with Gasteiger partial charge in [0.15, 0.2) is 0 Å². The Hall–Kier alpha value is -0.990. The predicted octanol–water partition coefficient (Wildman–Crippen LogP) is 0.927. The highest BCUT2D eigenvalue weighted by Gasteiger charge is 2.21. The van der Waals surface area contributed by atoms with E-state index >= 15 is 0 Å². The molecule has 1 aliphatic carbocycles. The summed E-state index contributed by atoms with van der Waals surface area (Å²) < 4.78 is 0. The van der Waals surface area contributed by atoms with E-state index in [0.717, 1.165) is 12.5 Å². The Labute approximate surface area is 66.3 Å². The van der Waals surface area contributed by atoms with Crippen LogP contribution in [0.25, 0.3) is 0 Å². The third kappa shape index (κ3) is 3.65. The molecule has 3 nitrogen and oxygen atoms in total. The highest BCUT2D eigenvalue weighted by atomic mass is 16.4. The standard InChI is InChI=1S/C8H13NO2/c1-9(5-4-8(10)11)6-7-2-3-7/h4-5,7H,2-3,6H2,1H3,(H,10,11)/b5-4+. The van der Waals surface area contributed by atoms with Gasteiger partial charge in [-0.1, -0.05) is 0 Å². The van der Waals surface area contributed by atoms with Crippen molar-refractivity contribution in [3.63, 3.8) is 0 Å². The molecular weight excluding hydrogens is 142 g/mol. The quantitative estimate of drug-likeness (QED) is 0.614. The molecule has 0 saturated heterocycles. The van der Waals surface area contributed by atoms with E-state index in [1.807, 2.05) is 11.9 Å². The maximum atomic E-state index is 10.1. The van der Waals surface area contributed by atoms with Crippen LogP contribution in [0.2, 0.25) is 0 Å². The minimum Gasteiger partial charge on any atom is -0.478 e. The van der Waals surface area contributed by atoms with E-state index < -0.39 is 5.97 Å². The summed E-state index contributed by atoms with van der Waals surface area (Å²) in [5, 5.41) is 8.30. The van der Waals surface area contributed by atoms with Crippen LogP contribution >= 0.6 is 0 Å². The Morgan fingerprint density at radius 2 is 2.36 bits per heavy atom. The summed E-state index contributed by atoms with van der Waals surface area (Å²) in [4.78, 5) is 12.0. The molecule has 62 valence electrons. The van der Waals surface area contributed by atoms with Gasteiger partial charge in [-0.2, -0.15) is 0 Å². The van der Waals surface area contributed by atoms with Crippen LogP contribution in [0, 0.1) is 5.92 Å². The average Bonchev–Trinajstić information content (AvgIpc) is 2.67. The summed E-state index contributed by atoms with van der Waals surface area (Å²) in [5.74, 6) is -0.0777. The van der Waals surface area contributed by atoms with Crippen LogP contribution in [-0.2, 0) is 4.79 Å². The molecule has 0 spiro atoms. The van der Waals surface area contributed by atoms with Gasteiger partial charge in [-0.05, 0) is 18.8 Å². The predicted molar refractivity (Wildman–Crippen MR) is 42.1 cm³/mol. The molecule has 0 aliphatic heterocycles. The van der Waals surface area contributed by atoms with Crippen LogP contribution in [0.4, 0.5) is 0 Å². The maximum Gasteiger partial charge on any atom is 0.329 e. The second-order valence-corrected chi connectivity index (χ2v) is 3.04. The second kappa shape index (κ2) is 3.42. The van der Waals surface area contributed by atoms with Crippen molar-refractivity contribution in [2.24, 2.45) is 5.92 Å². The zero-order valence-electron chi connectivity index (χ0n) is 6.66. The lowest BCUT2D eigenvalue weighted by atomic mass is 10.4. The van der Waals surface area contributed by atoms with E-state index in [9.17, 15) is 4.79 Å². The fraction of sp³-hybridized carbons (Fsp3) is 0.625. The molecule has 1 N–H and O–H groups in total. The summed E-state index contributed by atoms with van der Waals surface area (Å²) in [6.07, 6.45) is 5.37. The van der Waals surface area contributed by atoms with Crippen molar-refractivity contribution in [1.29, 1.82) is 0 Å². The molecule has 0 atom stereocenters. The van der Waals surface area contributed by atoms with Gasteiger partial charge in [-0.25, -0.2) is 4.79 Å². The molecule has 3 heteroatoms. The van der Waals surface area contributed by atoms with Crippen molar-refractivity contribution >= 4 is 5.97 Å². The van der Waals surface area contributed by atoms with Crippen LogP contribution in [0.15, 0.2) is 12.3 Å². The molecule has 1 fully saturated rings. The highest BCUT2D eigenvalue weighted by molar-refractivity contribution is 5.79. The van der Waals surface area contributed by atoms with Gasteiger partial charge in [0.2, 0.25) is 0 Å². The summed E-state index contributed by atoms with van der Waals surface area (Å²) >= 11 is 0.